The third kappa shape index (κ3) is 1.12. The molecule has 0 radical (unpaired) electrons. The Morgan fingerprint density at radius 2 is 2.27 bits per heavy atom. The zero-order chi connectivity index (χ0) is 7.73. The van der Waals surface area contributed by atoms with Crippen molar-refractivity contribution in [3.8, 4) is 0 Å². The molecule has 0 N–H and O–H groups in total. The van der Waals surface area contributed by atoms with Crippen LogP contribution in [-0.2, 0) is 4.79 Å². The number of carbonyl (C=O) groups excluding carboxylic acids is 1. The molecule has 1 nitrogen and oxygen atoms in total. The Balaban J connectivity index is 2.04. The molecule has 2 fully saturated rings. The van der Waals surface area contributed by atoms with E-state index in [4.69, 9.17) is 0 Å². The van der Waals surface area contributed by atoms with Gasteiger partial charge in [0.05, 0.1) is 0 Å². The molecule has 1 aliphatic carbocycles. The molecule has 2 rings (SSSR count). The van der Waals surface area contributed by atoms with Gasteiger partial charge in [0.25, 0.3) is 0 Å². The van der Waals surface area contributed by atoms with E-state index in [2.05, 4.69) is 0 Å². The zero-order valence-electron chi connectivity index (χ0n) is 6.71. The Kier molecular flexibility index (Phi) is 1.96. The van der Waals surface area contributed by atoms with Gasteiger partial charge < -0.3 is 4.79 Å². The molecule has 0 aromatic carbocycles. The van der Waals surface area contributed by atoms with Crippen molar-refractivity contribution < 1.29 is 4.79 Å². The lowest BCUT2D eigenvalue weighted by Crippen LogP contribution is -2.38. The molecule has 0 aromatic heterocycles. The second-order valence-corrected chi connectivity index (χ2v) is 4.91. The average molecular weight is 170 g/mol. The molecule has 11 heavy (non-hydrogen) atoms. The van der Waals surface area contributed by atoms with E-state index < -0.39 is 0 Å². The first kappa shape index (κ1) is 7.66. The van der Waals surface area contributed by atoms with Gasteiger partial charge in [-0.3, -0.25) is 0 Å². The van der Waals surface area contributed by atoms with Gasteiger partial charge >= 0.3 is 0 Å². The topological polar surface area (TPSA) is 17.1 Å². The fraction of sp³-hybridized carbons (Fsp3) is 0.889. The maximum absolute atomic E-state index is 10.9. The first-order valence-corrected chi connectivity index (χ1v) is 5.57. The number of hydrogen-bond donors (Lipinski definition) is 0. The van der Waals surface area contributed by atoms with E-state index in [-0.39, 0.29) is 5.41 Å². The second kappa shape index (κ2) is 2.81. The van der Waals surface area contributed by atoms with Crippen LogP contribution in [0, 0.1) is 11.3 Å². The Bertz CT molecular complexity index is 157. The Labute approximate surface area is 71.9 Å². The molecule has 0 bridgehead atoms. The molecule has 1 atom stereocenters. The lowest BCUT2D eigenvalue weighted by molar-refractivity contribution is -0.124. The molecular formula is C9H14OS. The van der Waals surface area contributed by atoms with Crippen LogP contribution >= 0.6 is 11.8 Å². The van der Waals surface area contributed by atoms with Gasteiger partial charge in [0.2, 0.25) is 0 Å². The SMILES string of the molecule is O=CC1(C2CCSC2)CCC1. The lowest BCUT2D eigenvalue weighted by Gasteiger charge is -2.41. The summed E-state index contributed by atoms with van der Waals surface area (Å²) in [6.45, 7) is 0. The highest BCUT2D eigenvalue weighted by atomic mass is 32.2. The van der Waals surface area contributed by atoms with Crippen molar-refractivity contribution in [3.05, 3.63) is 0 Å². The van der Waals surface area contributed by atoms with Crippen molar-refractivity contribution in [1.29, 1.82) is 0 Å². The van der Waals surface area contributed by atoms with Crippen LogP contribution in [0.3, 0.4) is 0 Å². The zero-order valence-corrected chi connectivity index (χ0v) is 7.53. The summed E-state index contributed by atoms with van der Waals surface area (Å²) in [5, 5.41) is 0. The van der Waals surface area contributed by atoms with E-state index in [0.29, 0.717) is 0 Å². The number of carbonyl (C=O) groups is 1. The lowest BCUT2D eigenvalue weighted by atomic mass is 9.62. The highest BCUT2D eigenvalue weighted by Gasteiger charge is 2.44. The standard InChI is InChI=1S/C9H14OS/c10-7-9(3-1-4-9)8-2-5-11-6-8/h7-8H,1-6H2. The quantitative estimate of drug-likeness (QED) is 0.590. The smallest absolute Gasteiger partial charge is 0.126 e. The van der Waals surface area contributed by atoms with Crippen LogP contribution in [0.25, 0.3) is 0 Å². The first-order valence-electron chi connectivity index (χ1n) is 4.41. The molecule has 1 saturated heterocycles. The van der Waals surface area contributed by atoms with Crippen molar-refractivity contribution in [2.45, 2.75) is 25.7 Å². The fourth-order valence-electron chi connectivity index (χ4n) is 2.20. The van der Waals surface area contributed by atoms with E-state index in [1.165, 1.54) is 43.5 Å². The van der Waals surface area contributed by atoms with E-state index in [9.17, 15) is 4.79 Å². The average Bonchev–Trinajstić information content (AvgIpc) is 2.39. The maximum Gasteiger partial charge on any atom is 0.126 e. The predicted octanol–water partition coefficient (Wildman–Crippen LogP) is 2.11. The summed E-state index contributed by atoms with van der Waals surface area (Å²) in [5.41, 5.74) is 0.142. The molecule has 1 unspecified atom stereocenters. The van der Waals surface area contributed by atoms with E-state index >= 15 is 0 Å². The predicted molar refractivity (Wildman–Crippen MR) is 47.8 cm³/mol. The van der Waals surface area contributed by atoms with Gasteiger partial charge in [-0.15, -0.1) is 0 Å². The van der Waals surface area contributed by atoms with Crippen molar-refractivity contribution in [2.24, 2.45) is 11.3 Å². The Morgan fingerprint density at radius 1 is 1.45 bits per heavy atom. The van der Waals surface area contributed by atoms with Crippen LogP contribution in [-0.4, -0.2) is 17.8 Å². The molecule has 0 spiro atoms. The molecule has 0 aromatic rings. The van der Waals surface area contributed by atoms with E-state index in [1.54, 1.807) is 0 Å². The van der Waals surface area contributed by atoms with Crippen molar-refractivity contribution in [2.75, 3.05) is 11.5 Å². The number of thioether (sulfide) groups is 1. The summed E-state index contributed by atoms with van der Waals surface area (Å²) >= 11 is 2.01. The molecule has 0 amide bonds. The van der Waals surface area contributed by atoms with Gasteiger partial charge in [-0.25, -0.2) is 0 Å². The third-order valence-electron chi connectivity index (χ3n) is 3.26. The van der Waals surface area contributed by atoms with Gasteiger partial charge in [0.1, 0.15) is 6.29 Å². The fourth-order valence-corrected chi connectivity index (χ4v) is 3.60. The minimum absolute atomic E-state index is 0.142. The van der Waals surface area contributed by atoms with Gasteiger partial charge in [-0.05, 0) is 36.7 Å². The molecular weight excluding hydrogens is 156 g/mol. The van der Waals surface area contributed by atoms with Gasteiger partial charge in [0.15, 0.2) is 0 Å². The minimum atomic E-state index is 0.142. The highest BCUT2D eigenvalue weighted by molar-refractivity contribution is 7.99. The van der Waals surface area contributed by atoms with Crippen LogP contribution in [0.1, 0.15) is 25.7 Å². The summed E-state index contributed by atoms with van der Waals surface area (Å²) in [4.78, 5) is 10.9. The van der Waals surface area contributed by atoms with Crippen LogP contribution in [0.2, 0.25) is 0 Å². The van der Waals surface area contributed by atoms with Gasteiger partial charge in [-0.1, -0.05) is 6.42 Å². The number of aldehydes is 1. The Morgan fingerprint density at radius 3 is 2.64 bits per heavy atom. The summed E-state index contributed by atoms with van der Waals surface area (Å²) < 4.78 is 0. The van der Waals surface area contributed by atoms with Gasteiger partial charge in [0, 0.05) is 5.41 Å². The highest BCUT2D eigenvalue weighted by Crippen LogP contribution is 2.50. The molecule has 1 saturated carbocycles. The Hall–Kier alpha value is 0.0200. The third-order valence-corrected chi connectivity index (χ3v) is 4.42. The summed E-state index contributed by atoms with van der Waals surface area (Å²) in [6.07, 6.45) is 6.14. The molecule has 2 heteroatoms. The van der Waals surface area contributed by atoms with E-state index in [0.717, 1.165) is 5.92 Å². The van der Waals surface area contributed by atoms with E-state index in [1.807, 2.05) is 11.8 Å². The molecule has 1 aliphatic heterocycles. The first-order chi connectivity index (χ1) is 5.37. The number of hydrogen-bond acceptors (Lipinski definition) is 2. The van der Waals surface area contributed by atoms with Crippen LogP contribution in [0.4, 0.5) is 0 Å². The summed E-state index contributed by atoms with van der Waals surface area (Å²) in [5.74, 6) is 3.23. The summed E-state index contributed by atoms with van der Waals surface area (Å²) in [7, 11) is 0. The normalized spacial score (nSPS) is 34.7. The van der Waals surface area contributed by atoms with Crippen molar-refractivity contribution in [1.82, 2.24) is 0 Å². The molecule has 1 heterocycles. The summed E-state index contributed by atoms with van der Waals surface area (Å²) in [6, 6.07) is 0. The maximum atomic E-state index is 10.9. The second-order valence-electron chi connectivity index (χ2n) is 3.77. The van der Waals surface area contributed by atoms with Crippen LogP contribution < -0.4 is 0 Å². The van der Waals surface area contributed by atoms with Crippen LogP contribution in [0.15, 0.2) is 0 Å². The number of rotatable bonds is 2. The monoisotopic (exact) mass is 170 g/mol. The van der Waals surface area contributed by atoms with Gasteiger partial charge in [-0.2, -0.15) is 11.8 Å². The van der Waals surface area contributed by atoms with Crippen molar-refractivity contribution in [3.63, 3.8) is 0 Å². The largest absolute Gasteiger partial charge is 0.303 e. The van der Waals surface area contributed by atoms with Crippen molar-refractivity contribution >= 4 is 18.0 Å². The molecule has 62 valence electrons. The minimum Gasteiger partial charge on any atom is -0.303 e. The molecule has 2 aliphatic rings. The van der Waals surface area contributed by atoms with Crippen LogP contribution in [0.5, 0.6) is 0 Å².